The fourth-order valence-electron chi connectivity index (χ4n) is 3.14. The first kappa shape index (κ1) is 15.4. The number of carbonyl (C=O) groups is 2. The van der Waals surface area contributed by atoms with Crippen molar-refractivity contribution in [1.29, 1.82) is 0 Å². The third kappa shape index (κ3) is 3.38. The third-order valence-corrected chi connectivity index (χ3v) is 4.96. The Bertz CT molecular complexity index is 379. The minimum absolute atomic E-state index is 0.162. The molecule has 1 heterocycles. The van der Waals surface area contributed by atoms with E-state index in [1.165, 1.54) is 0 Å². The first-order valence-corrected chi connectivity index (χ1v) is 8.37. The molecule has 2 amide bonds. The molecule has 2 rings (SSSR count). The molecule has 0 aromatic carbocycles. The Labute approximate surface area is 122 Å². The largest absolute Gasteiger partial charge is 0.480 e. The number of rotatable bonds is 5. The highest BCUT2D eigenvalue weighted by atomic mass is 32.2. The summed E-state index contributed by atoms with van der Waals surface area (Å²) >= 11 is 1.56. The van der Waals surface area contributed by atoms with E-state index < -0.39 is 12.0 Å². The van der Waals surface area contributed by atoms with E-state index in [0.29, 0.717) is 31.2 Å². The van der Waals surface area contributed by atoms with Crippen molar-refractivity contribution in [2.45, 2.75) is 31.4 Å². The number of thioether (sulfide) groups is 1. The number of hydrogen-bond donors (Lipinski definition) is 3. The van der Waals surface area contributed by atoms with Gasteiger partial charge in [0.1, 0.15) is 6.04 Å². The lowest BCUT2D eigenvalue weighted by Gasteiger charge is -2.22. The van der Waals surface area contributed by atoms with E-state index in [9.17, 15) is 14.7 Å². The zero-order valence-corrected chi connectivity index (χ0v) is 12.4. The lowest BCUT2D eigenvalue weighted by Crippen LogP contribution is -2.48. The summed E-state index contributed by atoms with van der Waals surface area (Å²) in [6.45, 7) is 1.16. The van der Waals surface area contributed by atoms with Crippen LogP contribution in [0.4, 0.5) is 4.79 Å². The van der Waals surface area contributed by atoms with Gasteiger partial charge in [0.25, 0.3) is 0 Å². The second-order valence-corrected chi connectivity index (χ2v) is 6.58. The maximum absolute atomic E-state index is 12.1. The predicted octanol–water partition coefficient (Wildman–Crippen LogP) is 0.605. The lowest BCUT2D eigenvalue weighted by atomic mass is 10.00. The highest BCUT2D eigenvalue weighted by Crippen LogP contribution is 2.37. The zero-order chi connectivity index (χ0) is 14.7. The lowest BCUT2D eigenvalue weighted by molar-refractivity contribution is -0.139. The number of nitrogens with zero attached hydrogens (tertiary/aromatic N) is 1. The summed E-state index contributed by atoms with van der Waals surface area (Å²) < 4.78 is 0. The summed E-state index contributed by atoms with van der Waals surface area (Å²) in [6.07, 6.45) is 3.78. The monoisotopic (exact) mass is 302 g/mol. The van der Waals surface area contributed by atoms with Gasteiger partial charge in [-0.25, -0.2) is 9.59 Å². The molecule has 4 atom stereocenters. The predicted molar refractivity (Wildman–Crippen MR) is 76.7 cm³/mol. The van der Waals surface area contributed by atoms with E-state index in [-0.39, 0.29) is 18.1 Å². The molecular weight excluding hydrogens is 280 g/mol. The molecule has 0 bridgehead atoms. The molecule has 6 nitrogen and oxygen atoms in total. The van der Waals surface area contributed by atoms with Gasteiger partial charge in [0, 0.05) is 19.0 Å². The van der Waals surface area contributed by atoms with Crippen LogP contribution in [0.3, 0.4) is 0 Å². The molecule has 2 fully saturated rings. The van der Waals surface area contributed by atoms with Crippen LogP contribution in [0.25, 0.3) is 0 Å². The van der Waals surface area contributed by atoms with Gasteiger partial charge in [-0.2, -0.15) is 11.8 Å². The highest BCUT2D eigenvalue weighted by Gasteiger charge is 2.43. The van der Waals surface area contributed by atoms with Gasteiger partial charge in [-0.1, -0.05) is 0 Å². The van der Waals surface area contributed by atoms with Crippen LogP contribution in [-0.4, -0.2) is 64.4 Å². The first-order chi connectivity index (χ1) is 9.52. The zero-order valence-electron chi connectivity index (χ0n) is 11.6. The molecule has 3 N–H and O–H groups in total. The number of carboxylic acid groups (broad SMARTS) is 1. The summed E-state index contributed by atoms with van der Waals surface area (Å²) in [5.41, 5.74) is 0. The molecule has 0 spiro atoms. The molecule has 1 aliphatic carbocycles. The van der Waals surface area contributed by atoms with Crippen LogP contribution in [-0.2, 0) is 4.79 Å². The van der Waals surface area contributed by atoms with Crippen molar-refractivity contribution in [2.24, 2.45) is 11.8 Å². The Hall–Kier alpha value is -0.950. The normalized spacial score (nSPS) is 30.1. The number of urea groups is 1. The fourth-order valence-corrected chi connectivity index (χ4v) is 3.61. The molecule has 0 radical (unpaired) electrons. The van der Waals surface area contributed by atoms with Crippen molar-refractivity contribution in [2.75, 3.05) is 25.1 Å². The van der Waals surface area contributed by atoms with E-state index in [4.69, 9.17) is 5.11 Å². The van der Waals surface area contributed by atoms with Gasteiger partial charge in [-0.3, -0.25) is 0 Å². The average molecular weight is 302 g/mol. The van der Waals surface area contributed by atoms with E-state index in [1.807, 2.05) is 6.26 Å². The third-order valence-electron chi connectivity index (χ3n) is 4.31. The maximum Gasteiger partial charge on any atom is 0.326 e. The summed E-state index contributed by atoms with van der Waals surface area (Å²) in [5, 5.41) is 21.5. The SMILES string of the molecule is CSCCC(NC(=O)N1CC2CCC(O)C2C1)C(=O)O. The highest BCUT2D eigenvalue weighted by molar-refractivity contribution is 7.98. The number of hydrogen-bond acceptors (Lipinski definition) is 4. The molecule has 1 saturated heterocycles. The molecule has 0 aromatic rings. The van der Waals surface area contributed by atoms with Crippen LogP contribution in [0.15, 0.2) is 0 Å². The minimum Gasteiger partial charge on any atom is -0.480 e. The van der Waals surface area contributed by atoms with Crippen molar-refractivity contribution in [3.63, 3.8) is 0 Å². The average Bonchev–Trinajstić information content (AvgIpc) is 2.96. The molecule has 7 heteroatoms. The van der Waals surface area contributed by atoms with Gasteiger partial charge < -0.3 is 20.4 Å². The van der Waals surface area contributed by atoms with Crippen LogP contribution < -0.4 is 5.32 Å². The van der Waals surface area contributed by atoms with Crippen LogP contribution in [0.1, 0.15) is 19.3 Å². The standard InChI is InChI=1S/C13H22N2O4S/c1-20-5-4-10(12(17)18)14-13(19)15-6-8-2-3-11(16)9(8)7-15/h8-11,16H,2-7H2,1H3,(H,14,19)(H,17,18). The summed E-state index contributed by atoms with van der Waals surface area (Å²) in [7, 11) is 0. The Balaban J connectivity index is 1.86. The Morgan fingerprint density at radius 3 is 2.75 bits per heavy atom. The number of carbonyl (C=O) groups excluding carboxylic acids is 1. The number of fused-ring (bicyclic) bond motifs is 1. The van der Waals surface area contributed by atoms with Crippen molar-refractivity contribution < 1.29 is 19.8 Å². The number of nitrogens with one attached hydrogen (secondary N) is 1. The molecule has 0 aromatic heterocycles. The van der Waals surface area contributed by atoms with Gasteiger partial charge in [0.05, 0.1) is 6.10 Å². The van der Waals surface area contributed by atoms with Crippen LogP contribution in [0.2, 0.25) is 0 Å². The van der Waals surface area contributed by atoms with Crippen molar-refractivity contribution in [1.82, 2.24) is 10.2 Å². The molecule has 4 unspecified atom stereocenters. The van der Waals surface area contributed by atoms with Crippen molar-refractivity contribution in [3.8, 4) is 0 Å². The Kier molecular flexibility index (Phi) is 5.15. The molecular formula is C13H22N2O4S. The van der Waals surface area contributed by atoms with E-state index >= 15 is 0 Å². The number of amides is 2. The van der Waals surface area contributed by atoms with Gasteiger partial charge in [-0.05, 0) is 37.2 Å². The molecule has 114 valence electrons. The van der Waals surface area contributed by atoms with E-state index in [0.717, 1.165) is 12.8 Å². The summed E-state index contributed by atoms with van der Waals surface area (Å²) in [4.78, 5) is 24.9. The van der Waals surface area contributed by atoms with Crippen LogP contribution in [0, 0.1) is 11.8 Å². The smallest absolute Gasteiger partial charge is 0.326 e. The minimum atomic E-state index is -0.994. The number of carboxylic acids is 1. The quantitative estimate of drug-likeness (QED) is 0.692. The Morgan fingerprint density at radius 2 is 2.15 bits per heavy atom. The van der Waals surface area contributed by atoms with Gasteiger partial charge >= 0.3 is 12.0 Å². The van der Waals surface area contributed by atoms with Crippen LogP contribution in [0.5, 0.6) is 0 Å². The number of aliphatic hydroxyl groups is 1. The molecule has 1 saturated carbocycles. The Morgan fingerprint density at radius 1 is 1.40 bits per heavy atom. The summed E-state index contributed by atoms with van der Waals surface area (Å²) in [6, 6.07) is -1.15. The molecule has 20 heavy (non-hydrogen) atoms. The van der Waals surface area contributed by atoms with Crippen molar-refractivity contribution >= 4 is 23.8 Å². The second-order valence-electron chi connectivity index (χ2n) is 5.60. The number of aliphatic carboxylic acids is 1. The molecule has 1 aliphatic heterocycles. The van der Waals surface area contributed by atoms with E-state index in [2.05, 4.69) is 5.32 Å². The number of likely N-dealkylation sites (tertiary alicyclic amines) is 1. The maximum atomic E-state index is 12.1. The van der Waals surface area contributed by atoms with Gasteiger partial charge in [-0.15, -0.1) is 0 Å². The topological polar surface area (TPSA) is 89.9 Å². The summed E-state index contributed by atoms with van der Waals surface area (Å²) in [5.74, 6) is 0.230. The second kappa shape index (κ2) is 6.67. The van der Waals surface area contributed by atoms with E-state index in [1.54, 1.807) is 16.7 Å². The van der Waals surface area contributed by atoms with Gasteiger partial charge in [0.15, 0.2) is 0 Å². The van der Waals surface area contributed by atoms with Crippen LogP contribution >= 0.6 is 11.8 Å². The van der Waals surface area contributed by atoms with Crippen molar-refractivity contribution in [3.05, 3.63) is 0 Å². The van der Waals surface area contributed by atoms with Gasteiger partial charge in [0.2, 0.25) is 0 Å². The molecule has 2 aliphatic rings. The first-order valence-electron chi connectivity index (χ1n) is 6.98. The number of aliphatic hydroxyl groups excluding tert-OH is 1. The fraction of sp³-hybridized carbons (Fsp3) is 0.846.